The quantitative estimate of drug-likeness (QED) is 0.372. The molecule has 1 aliphatic rings. The van der Waals surface area contributed by atoms with Crippen LogP contribution in [0.2, 0.25) is 5.02 Å². The largest absolute Gasteiger partial charge is 0.362 e. The van der Waals surface area contributed by atoms with Crippen LogP contribution in [0.15, 0.2) is 35.3 Å². The van der Waals surface area contributed by atoms with Crippen LogP contribution in [0.3, 0.4) is 0 Å². The molecule has 1 aliphatic heterocycles. The van der Waals surface area contributed by atoms with Gasteiger partial charge in [0, 0.05) is 29.9 Å². The van der Waals surface area contributed by atoms with E-state index in [0.717, 1.165) is 26.1 Å². The average molecular weight is 490 g/mol. The number of likely N-dealkylation sites (tertiary alicyclic amines) is 1. The van der Waals surface area contributed by atoms with Crippen LogP contribution in [0.25, 0.3) is 11.4 Å². The Kier molecular flexibility index (Phi) is 10.1. The predicted octanol–water partition coefficient (Wildman–Crippen LogP) is 3.20. The van der Waals surface area contributed by atoms with Gasteiger partial charge in [-0.05, 0) is 71.4 Å². The molecule has 9 heteroatoms. The van der Waals surface area contributed by atoms with Crippen LogP contribution in [0.4, 0.5) is 0 Å². The van der Waals surface area contributed by atoms with E-state index in [2.05, 4.69) is 20.5 Å². The Balaban J connectivity index is 1.81. The third kappa shape index (κ3) is 7.37. The molecule has 1 saturated heterocycles. The highest BCUT2D eigenvalue weighted by Gasteiger charge is 2.21. The van der Waals surface area contributed by atoms with Gasteiger partial charge in [0.15, 0.2) is 0 Å². The molecular formula is C25H36ClN5O3. The van der Waals surface area contributed by atoms with Crippen LogP contribution in [0, 0.1) is 0 Å². The topological polar surface area (TPSA) is 88.5 Å². The van der Waals surface area contributed by atoms with E-state index >= 15 is 0 Å². The summed E-state index contributed by atoms with van der Waals surface area (Å²) >= 11 is 6.16. The van der Waals surface area contributed by atoms with Gasteiger partial charge in [-0.1, -0.05) is 30.2 Å². The van der Waals surface area contributed by atoms with E-state index in [1.54, 1.807) is 25.3 Å². The number of hydrogen-bond donors (Lipinski definition) is 2. The molecule has 2 aromatic rings. The molecule has 0 spiro atoms. The monoisotopic (exact) mass is 489 g/mol. The molecule has 1 fully saturated rings. The van der Waals surface area contributed by atoms with Crippen molar-refractivity contribution < 1.29 is 9.53 Å². The summed E-state index contributed by atoms with van der Waals surface area (Å²) in [4.78, 5) is 33.1. The lowest BCUT2D eigenvalue weighted by Gasteiger charge is -2.26. The number of nitrogens with one attached hydrogen (secondary N) is 2. The standard InChI is InChI=1S/C25H36ClN5O3/c1-18(2)29-22(32)17-31-23(19-9-7-10-20(26)15-19)28-16-21(25(31)33)24(34-3)27-11-8-14-30-12-5-4-6-13-30/h7,9-10,15-16,18,24,27H,4-6,8,11-14,17H2,1-3H3,(H,29,32). The molecule has 1 atom stereocenters. The number of carbonyl (C=O) groups excluding carboxylic acids is 1. The normalized spacial score (nSPS) is 15.4. The lowest BCUT2D eigenvalue weighted by atomic mass is 10.1. The van der Waals surface area contributed by atoms with Gasteiger partial charge >= 0.3 is 0 Å². The second-order valence-corrected chi connectivity index (χ2v) is 9.42. The van der Waals surface area contributed by atoms with Gasteiger partial charge in [-0.3, -0.25) is 19.5 Å². The Bertz CT molecular complexity index is 1000. The zero-order valence-corrected chi connectivity index (χ0v) is 21.1. The predicted molar refractivity (Wildman–Crippen MR) is 135 cm³/mol. The van der Waals surface area contributed by atoms with Gasteiger partial charge < -0.3 is 15.0 Å². The summed E-state index contributed by atoms with van der Waals surface area (Å²) in [7, 11) is 1.56. The van der Waals surface area contributed by atoms with Gasteiger partial charge in [0.2, 0.25) is 5.91 Å². The van der Waals surface area contributed by atoms with Crippen LogP contribution in [0.1, 0.15) is 51.3 Å². The fraction of sp³-hybridized carbons (Fsp3) is 0.560. The number of carbonyl (C=O) groups is 1. The third-order valence-corrected chi connectivity index (χ3v) is 6.09. The zero-order chi connectivity index (χ0) is 24.5. The van der Waals surface area contributed by atoms with E-state index in [0.29, 0.717) is 28.5 Å². The molecule has 2 heterocycles. The number of amides is 1. The summed E-state index contributed by atoms with van der Waals surface area (Å²) in [6.45, 7) is 7.65. The fourth-order valence-corrected chi connectivity index (χ4v) is 4.43. The van der Waals surface area contributed by atoms with Crippen molar-refractivity contribution in [2.24, 2.45) is 0 Å². The number of aromatic nitrogens is 2. The van der Waals surface area contributed by atoms with E-state index in [-0.39, 0.29) is 24.1 Å². The minimum absolute atomic E-state index is 0.0396. The Hall–Kier alpha value is -2.26. The summed E-state index contributed by atoms with van der Waals surface area (Å²) in [5, 5.41) is 6.69. The molecule has 1 unspecified atom stereocenters. The minimum Gasteiger partial charge on any atom is -0.362 e. The van der Waals surface area contributed by atoms with E-state index in [1.807, 2.05) is 19.9 Å². The second kappa shape index (κ2) is 13.0. The van der Waals surface area contributed by atoms with Crippen molar-refractivity contribution in [3.63, 3.8) is 0 Å². The number of benzene rings is 1. The number of nitrogens with zero attached hydrogens (tertiary/aromatic N) is 3. The number of rotatable bonds is 11. The molecule has 1 amide bonds. The van der Waals surface area contributed by atoms with Crippen LogP contribution in [0.5, 0.6) is 0 Å². The molecule has 3 rings (SSSR count). The number of ether oxygens (including phenoxy) is 1. The molecule has 34 heavy (non-hydrogen) atoms. The van der Waals surface area contributed by atoms with E-state index in [9.17, 15) is 9.59 Å². The molecule has 0 aliphatic carbocycles. The molecule has 2 N–H and O–H groups in total. The Morgan fingerprint density at radius 2 is 2.00 bits per heavy atom. The van der Waals surface area contributed by atoms with E-state index < -0.39 is 6.23 Å². The highest BCUT2D eigenvalue weighted by molar-refractivity contribution is 6.30. The van der Waals surface area contributed by atoms with Crippen molar-refractivity contribution in [1.29, 1.82) is 0 Å². The van der Waals surface area contributed by atoms with Crippen molar-refractivity contribution in [2.75, 3.05) is 33.3 Å². The van der Waals surface area contributed by atoms with Crippen molar-refractivity contribution >= 4 is 17.5 Å². The van der Waals surface area contributed by atoms with Crippen LogP contribution < -0.4 is 16.2 Å². The maximum atomic E-state index is 13.5. The molecule has 1 aromatic heterocycles. The molecule has 186 valence electrons. The smallest absolute Gasteiger partial charge is 0.261 e. The number of halogens is 1. The first kappa shape index (κ1) is 26.3. The lowest BCUT2D eigenvalue weighted by Crippen LogP contribution is -2.39. The fourth-order valence-electron chi connectivity index (χ4n) is 4.24. The van der Waals surface area contributed by atoms with Crippen molar-refractivity contribution in [1.82, 2.24) is 25.1 Å². The van der Waals surface area contributed by atoms with Gasteiger partial charge in [0.1, 0.15) is 18.6 Å². The molecule has 8 nitrogen and oxygen atoms in total. The number of piperidine rings is 1. The maximum absolute atomic E-state index is 13.5. The van der Waals surface area contributed by atoms with Crippen molar-refractivity contribution in [3.05, 3.63) is 51.4 Å². The molecule has 1 aromatic carbocycles. The SMILES string of the molecule is COC(NCCCN1CCCCC1)c1cnc(-c2cccc(Cl)c2)n(CC(=O)NC(C)C)c1=O. The van der Waals surface area contributed by atoms with Crippen molar-refractivity contribution in [3.8, 4) is 11.4 Å². The van der Waals surface area contributed by atoms with Gasteiger partial charge in [0.25, 0.3) is 5.56 Å². The summed E-state index contributed by atoms with van der Waals surface area (Å²) in [5.74, 6) is 0.123. The van der Waals surface area contributed by atoms with Gasteiger partial charge in [-0.25, -0.2) is 4.98 Å². The van der Waals surface area contributed by atoms with Crippen LogP contribution >= 0.6 is 11.6 Å². The summed E-state index contributed by atoms with van der Waals surface area (Å²) in [5.41, 5.74) is 0.708. The average Bonchev–Trinajstić information content (AvgIpc) is 2.81. The summed E-state index contributed by atoms with van der Waals surface area (Å²) < 4.78 is 6.99. The molecule has 0 saturated carbocycles. The number of hydrogen-bond acceptors (Lipinski definition) is 6. The second-order valence-electron chi connectivity index (χ2n) is 8.99. The van der Waals surface area contributed by atoms with Gasteiger partial charge in [-0.2, -0.15) is 0 Å². The first-order chi connectivity index (χ1) is 16.4. The Morgan fingerprint density at radius 3 is 2.68 bits per heavy atom. The van der Waals surface area contributed by atoms with Crippen LogP contribution in [-0.2, 0) is 16.1 Å². The van der Waals surface area contributed by atoms with Gasteiger partial charge in [-0.15, -0.1) is 0 Å². The summed E-state index contributed by atoms with van der Waals surface area (Å²) in [6.07, 6.45) is 5.72. The highest BCUT2D eigenvalue weighted by Crippen LogP contribution is 2.21. The maximum Gasteiger partial charge on any atom is 0.261 e. The zero-order valence-electron chi connectivity index (χ0n) is 20.3. The minimum atomic E-state index is -0.617. The van der Waals surface area contributed by atoms with Crippen LogP contribution in [-0.4, -0.2) is 59.7 Å². The third-order valence-electron chi connectivity index (χ3n) is 5.86. The molecule has 0 bridgehead atoms. The Morgan fingerprint density at radius 1 is 1.24 bits per heavy atom. The molecule has 0 radical (unpaired) electrons. The highest BCUT2D eigenvalue weighted by atomic mass is 35.5. The number of methoxy groups -OCH3 is 1. The van der Waals surface area contributed by atoms with E-state index in [4.69, 9.17) is 16.3 Å². The Labute approximate surface area is 206 Å². The van der Waals surface area contributed by atoms with E-state index in [1.165, 1.54) is 30.0 Å². The molecular weight excluding hydrogens is 454 g/mol. The van der Waals surface area contributed by atoms with Gasteiger partial charge in [0.05, 0.1) is 5.56 Å². The van der Waals surface area contributed by atoms with Crippen molar-refractivity contribution in [2.45, 2.75) is 58.3 Å². The summed E-state index contributed by atoms with van der Waals surface area (Å²) in [6, 6.07) is 7.05. The first-order valence-electron chi connectivity index (χ1n) is 12.0. The first-order valence-corrected chi connectivity index (χ1v) is 12.4. The lowest BCUT2D eigenvalue weighted by molar-refractivity contribution is -0.122.